The van der Waals surface area contributed by atoms with E-state index in [1.807, 2.05) is 18.2 Å². The van der Waals surface area contributed by atoms with Crippen LogP contribution in [-0.2, 0) is 11.2 Å². The number of anilines is 2. The van der Waals surface area contributed by atoms with Crippen molar-refractivity contribution < 1.29 is 19.1 Å². The molecule has 1 saturated heterocycles. The average molecular weight is 510 g/mol. The molecule has 3 amide bonds. The van der Waals surface area contributed by atoms with Crippen LogP contribution in [0.3, 0.4) is 0 Å². The van der Waals surface area contributed by atoms with Crippen molar-refractivity contribution in [2.75, 3.05) is 30.0 Å². The zero-order chi connectivity index (χ0) is 26.2. The molecule has 6 rings (SSSR count). The van der Waals surface area contributed by atoms with E-state index in [1.54, 1.807) is 37.4 Å². The van der Waals surface area contributed by atoms with E-state index < -0.39 is 0 Å². The minimum atomic E-state index is -0.337. The maximum Gasteiger partial charge on any atom is 0.268 e. The Morgan fingerprint density at radius 1 is 0.921 bits per heavy atom. The molecule has 0 spiro atoms. The van der Waals surface area contributed by atoms with Crippen molar-refractivity contribution in [2.45, 2.75) is 38.1 Å². The summed E-state index contributed by atoms with van der Waals surface area (Å²) in [6.45, 7) is 1.25. The van der Waals surface area contributed by atoms with Gasteiger partial charge in [-0.3, -0.25) is 14.4 Å². The highest BCUT2D eigenvalue weighted by atomic mass is 16.5. The Hall–Kier alpha value is -4.13. The molecule has 0 radical (unpaired) electrons. The second-order valence-corrected chi connectivity index (χ2v) is 10.3. The van der Waals surface area contributed by atoms with Gasteiger partial charge in [0.1, 0.15) is 5.75 Å². The van der Waals surface area contributed by atoms with Crippen LogP contribution in [-0.4, -0.2) is 37.9 Å². The van der Waals surface area contributed by atoms with E-state index in [4.69, 9.17) is 4.74 Å². The van der Waals surface area contributed by atoms with Crippen LogP contribution >= 0.6 is 0 Å². The SMILES string of the molecule is COc1ccc(N2C(=O)c3cccc(N4CCCC(C(=O)NC5CCCc6ccccc65)C4)c3C2=O)cc1. The summed E-state index contributed by atoms with van der Waals surface area (Å²) in [6.07, 6.45) is 4.71. The van der Waals surface area contributed by atoms with Gasteiger partial charge in [-0.25, -0.2) is 4.90 Å². The number of imide groups is 1. The number of aryl methyl sites for hydroxylation is 1. The number of hydrogen-bond acceptors (Lipinski definition) is 5. The summed E-state index contributed by atoms with van der Waals surface area (Å²) >= 11 is 0. The van der Waals surface area contributed by atoms with Crippen molar-refractivity contribution in [3.63, 3.8) is 0 Å². The molecule has 3 aromatic rings. The second-order valence-electron chi connectivity index (χ2n) is 10.3. The highest BCUT2D eigenvalue weighted by Gasteiger charge is 2.40. The molecular weight excluding hydrogens is 478 g/mol. The smallest absolute Gasteiger partial charge is 0.268 e. The Bertz CT molecular complexity index is 1400. The van der Waals surface area contributed by atoms with E-state index in [0.29, 0.717) is 29.1 Å². The topological polar surface area (TPSA) is 79.0 Å². The van der Waals surface area contributed by atoms with Crippen molar-refractivity contribution in [3.05, 3.63) is 89.0 Å². The monoisotopic (exact) mass is 509 g/mol. The molecule has 1 N–H and O–H groups in total. The molecule has 0 bridgehead atoms. The number of benzene rings is 3. The Morgan fingerprint density at radius 3 is 2.55 bits per heavy atom. The van der Waals surface area contributed by atoms with Crippen molar-refractivity contribution in [2.24, 2.45) is 5.92 Å². The molecule has 2 aliphatic heterocycles. The van der Waals surface area contributed by atoms with Crippen molar-refractivity contribution in [1.29, 1.82) is 0 Å². The van der Waals surface area contributed by atoms with E-state index in [0.717, 1.165) is 44.3 Å². The molecule has 7 heteroatoms. The van der Waals surface area contributed by atoms with Gasteiger partial charge in [0.15, 0.2) is 0 Å². The molecule has 1 fully saturated rings. The van der Waals surface area contributed by atoms with Gasteiger partial charge in [0.05, 0.1) is 41.6 Å². The molecule has 2 unspecified atom stereocenters. The molecule has 0 aromatic heterocycles. The first-order valence-electron chi connectivity index (χ1n) is 13.3. The first kappa shape index (κ1) is 24.2. The van der Waals surface area contributed by atoms with Crippen LogP contribution in [0.25, 0.3) is 0 Å². The average Bonchev–Trinajstić information content (AvgIpc) is 3.23. The van der Waals surface area contributed by atoms with Gasteiger partial charge in [0, 0.05) is 13.1 Å². The number of rotatable bonds is 5. The fourth-order valence-electron chi connectivity index (χ4n) is 6.10. The maximum atomic E-state index is 13.6. The minimum Gasteiger partial charge on any atom is -0.497 e. The largest absolute Gasteiger partial charge is 0.497 e. The lowest BCUT2D eigenvalue weighted by atomic mass is 9.87. The number of fused-ring (bicyclic) bond motifs is 2. The van der Waals surface area contributed by atoms with Crippen LogP contribution < -0.4 is 19.9 Å². The van der Waals surface area contributed by atoms with Gasteiger partial charge in [-0.1, -0.05) is 30.3 Å². The third kappa shape index (κ3) is 4.22. The van der Waals surface area contributed by atoms with Crippen LogP contribution in [0.4, 0.5) is 11.4 Å². The van der Waals surface area contributed by atoms with E-state index in [9.17, 15) is 14.4 Å². The fourth-order valence-corrected chi connectivity index (χ4v) is 6.10. The highest BCUT2D eigenvalue weighted by molar-refractivity contribution is 6.36. The molecule has 7 nitrogen and oxygen atoms in total. The third-order valence-corrected chi connectivity index (χ3v) is 8.04. The standard InChI is InChI=1S/C31H31N3O4/c1-38-23-16-14-22(15-17-23)34-30(36)25-11-5-13-27(28(25)31(34)37)33-18-6-9-21(19-33)29(35)32-26-12-4-8-20-7-2-3-10-24(20)26/h2-3,5,7,10-11,13-17,21,26H,4,6,8-9,12,18-19H2,1H3,(H,32,35). The maximum absolute atomic E-state index is 13.6. The number of nitrogens with zero attached hydrogens (tertiary/aromatic N) is 2. The number of methoxy groups -OCH3 is 1. The third-order valence-electron chi connectivity index (χ3n) is 8.04. The van der Waals surface area contributed by atoms with Crippen LogP contribution in [0.2, 0.25) is 0 Å². The van der Waals surface area contributed by atoms with Crippen LogP contribution in [0.1, 0.15) is 63.6 Å². The fraction of sp³-hybridized carbons (Fsp3) is 0.323. The molecular formula is C31H31N3O4. The lowest BCUT2D eigenvalue weighted by molar-refractivity contribution is -0.126. The van der Waals surface area contributed by atoms with E-state index in [-0.39, 0.29) is 29.7 Å². The normalized spacial score (nSPS) is 20.7. The highest BCUT2D eigenvalue weighted by Crippen LogP contribution is 2.37. The Labute approximate surface area is 222 Å². The molecule has 2 heterocycles. The van der Waals surface area contributed by atoms with Gasteiger partial charge in [-0.05, 0) is 79.6 Å². The summed E-state index contributed by atoms with van der Waals surface area (Å²) in [6, 6.07) is 20.7. The van der Waals surface area contributed by atoms with Gasteiger partial charge in [0.2, 0.25) is 5.91 Å². The molecule has 0 saturated carbocycles. The van der Waals surface area contributed by atoms with Gasteiger partial charge in [0.25, 0.3) is 11.8 Å². The summed E-state index contributed by atoms with van der Waals surface area (Å²) in [4.78, 5) is 43.6. The van der Waals surface area contributed by atoms with Crippen molar-refractivity contribution in [3.8, 4) is 5.75 Å². The minimum absolute atomic E-state index is 0.0426. The number of amides is 3. The number of carbonyl (C=O) groups excluding carboxylic acids is 3. The zero-order valence-electron chi connectivity index (χ0n) is 21.5. The van der Waals surface area contributed by atoms with Crippen molar-refractivity contribution >= 4 is 29.1 Å². The first-order valence-corrected chi connectivity index (χ1v) is 13.3. The van der Waals surface area contributed by atoms with Gasteiger partial charge < -0.3 is 15.0 Å². The quantitative estimate of drug-likeness (QED) is 0.495. The van der Waals surface area contributed by atoms with Crippen molar-refractivity contribution in [1.82, 2.24) is 5.32 Å². The second kappa shape index (κ2) is 9.97. The molecule has 194 valence electrons. The van der Waals surface area contributed by atoms with Crippen LogP contribution in [0, 0.1) is 5.92 Å². The van der Waals surface area contributed by atoms with Gasteiger partial charge in [-0.2, -0.15) is 0 Å². The summed E-state index contributed by atoms with van der Waals surface area (Å²) in [5, 5.41) is 3.32. The van der Waals surface area contributed by atoms with E-state index in [2.05, 4.69) is 28.4 Å². The molecule has 1 aliphatic carbocycles. The Balaban J connectivity index is 1.22. The molecule has 38 heavy (non-hydrogen) atoms. The number of hydrogen-bond donors (Lipinski definition) is 1. The van der Waals surface area contributed by atoms with E-state index in [1.165, 1.54) is 16.0 Å². The van der Waals surface area contributed by atoms with Crippen LogP contribution in [0.15, 0.2) is 66.7 Å². The molecule has 3 aromatic carbocycles. The number of piperidine rings is 1. The van der Waals surface area contributed by atoms with Crippen LogP contribution in [0.5, 0.6) is 5.75 Å². The molecule has 3 aliphatic rings. The Kier molecular flexibility index (Phi) is 6.35. The summed E-state index contributed by atoms with van der Waals surface area (Å²) in [7, 11) is 1.57. The van der Waals surface area contributed by atoms with Gasteiger partial charge >= 0.3 is 0 Å². The lowest BCUT2D eigenvalue weighted by Crippen LogP contribution is -2.44. The summed E-state index contributed by atoms with van der Waals surface area (Å²) in [5.41, 5.74) is 4.58. The summed E-state index contributed by atoms with van der Waals surface area (Å²) in [5.74, 6) is -0.138. The predicted octanol–water partition coefficient (Wildman–Crippen LogP) is 4.91. The Morgan fingerprint density at radius 2 is 1.74 bits per heavy atom. The number of ether oxygens (including phenoxy) is 1. The lowest BCUT2D eigenvalue weighted by Gasteiger charge is -2.36. The zero-order valence-corrected chi connectivity index (χ0v) is 21.5. The molecule has 2 atom stereocenters. The number of nitrogens with one attached hydrogen (secondary N) is 1. The predicted molar refractivity (Wildman–Crippen MR) is 146 cm³/mol. The van der Waals surface area contributed by atoms with Gasteiger partial charge in [-0.15, -0.1) is 0 Å². The number of carbonyl (C=O) groups is 3. The summed E-state index contributed by atoms with van der Waals surface area (Å²) < 4.78 is 5.21. The first-order chi connectivity index (χ1) is 18.5. The van der Waals surface area contributed by atoms with E-state index >= 15 is 0 Å².